The minimum absolute atomic E-state index is 0. The number of aliphatic imine (C=N–C) groups is 1. The Kier molecular flexibility index (Phi) is 10.8. The summed E-state index contributed by atoms with van der Waals surface area (Å²) in [6.45, 7) is 7.11. The molecule has 0 saturated carbocycles. The van der Waals surface area contributed by atoms with Crippen LogP contribution in [0.4, 0.5) is 13.2 Å². The lowest BCUT2D eigenvalue weighted by Crippen LogP contribution is -2.38. The Morgan fingerprint density at radius 2 is 1.92 bits per heavy atom. The molecule has 1 aromatic rings. The summed E-state index contributed by atoms with van der Waals surface area (Å²) in [6.07, 6.45) is -5.06. The van der Waals surface area contributed by atoms with Crippen LogP contribution >= 0.6 is 24.0 Å². The van der Waals surface area contributed by atoms with Gasteiger partial charge in [0.2, 0.25) is 0 Å². The number of alkyl halides is 3. The summed E-state index contributed by atoms with van der Waals surface area (Å²) >= 11 is 0. The van der Waals surface area contributed by atoms with Gasteiger partial charge in [0.1, 0.15) is 5.75 Å². The molecule has 0 unspecified atom stereocenters. The third-order valence-electron chi connectivity index (χ3n) is 3.00. The molecule has 0 amide bonds. The summed E-state index contributed by atoms with van der Waals surface area (Å²) < 4.78 is 42.0. The van der Waals surface area contributed by atoms with Crippen LogP contribution in [0.15, 0.2) is 23.2 Å². The molecule has 1 rings (SSSR count). The maximum atomic E-state index is 12.2. The van der Waals surface area contributed by atoms with E-state index in [1.54, 1.807) is 0 Å². The van der Waals surface area contributed by atoms with Crippen molar-refractivity contribution in [2.45, 2.75) is 39.9 Å². The molecule has 1 aromatic carbocycles. The van der Waals surface area contributed by atoms with Crippen LogP contribution in [-0.2, 0) is 6.54 Å². The van der Waals surface area contributed by atoms with E-state index < -0.39 is 12.6 Å². The molecule has 2 N–H and O–H groups in total. The predicted molar refractivity (Wildman–Crippen MR) is 101 cm³/mol. The lowest BCUT2D eigenvalue weighted by Gasteiger charge is -2.13. The van der Waals surface area contributed by atoms with Crippen LogP contribution in [-0.4, -0.2) is 31.8 Å². The Morgan fingerprint density at radius 1 is 1.21 bits per heavy atom. The van der Waals surface area contributed by atoms with Gasteiger partial charge in [-0.15, -0.1) is 24.0 Å². The number of hydrogen-bond acceptors (Lipinski definition) is 2. The van der Waals surface area contributed by atoms with Gasteiger partial charge >= 0.3 is 6.18 Å². The van der Waals surface area contributed by atoms with Gasteiger partial charge in [-0.25, -0.2) is 4.99 Å². The van der Waals surface area contributed by atoms with E-state index in [0.29, 0.717) is 25.7 Å². The standard InChI is InChI=1S/C16H24F3N3O.HI/c1-4-20-15(21-9-8-16(17,18)19)22-11-13-6-7-14(23-5-2)12(3)10-13;/h6-7,10H,4-5,8-9,11H2,1-3H3,(H2,20,21,22);1H. The van der Waals surface area contributed by atoms with Crippen molar-refractivity contribution < 1.29 is 17.9 Å². The molecule has 8 heteroatoms. The highest BCUT2D eigenvalue weighted by molar-refractivity contribution is 14.0. The van der Waals surface area contributed by atoms with E-state index in [2.05, 4.69) is 15.6 Å². The molecular formula is C16H25F3IN3O. The highest BCUT2D eigenvalue weighted by atomic mass is 127. The minimum atomic E-state index is -4.17. The van der Waals surface area contributed by atoms with E-state index in [1.807, 2.05) is 39.0 Å². The number of nitrogens with zero attached hydrogens (tertiary/aromatic N) is 1. The largest absolute Gasteiger partial charge is 0.494 e. The summed E-state index contributed by atoms with van der Waals surface area (Å²) in [6, 6.07) is 5.75. The van der Waals surface area contributed by atoms with Crippen molar-refractivity contribution in [1.29, 1.82) is 0 Å². The molecule has 0 radical (unpaired) electrons. The van der Waals surface area contributed by atoms with Crippen LogP contribution in [0.2, 0.25) is 0 Å². The van der Waals surface area contributed by atoms with Gasteiger partial charge in [-0.3, -0.25) is 0 Å². The summed E-state index contributed by atoms with van der Waals surface area (Å²) in [5.41, 5.74) is 1.98. The quantitative estimate of drug-likeness (QED) is 0.368. The average Bonchev–Trinajstić information content (AvgIpc) is 2.46. The maximum Gasteiger partial charge on any atom is 0.390 e. The van der Waals surface area contributed by atoms with Crippen LogP contribution in [0.3, 0.4) is 0 Å². The van der Waals surface area contributed by atoms with E-state index in [1.165, 1.54) is 0 Å². The number of nitrogens with one attached hydrogen (secondary N) is 2. The number of halogens is 4. The summed E-state index contributed by atoms with van der Waals surface area (Å²) in [5.74, 6) is 1.21. The second kappa shape index (κ2) is 11.4. The zero-order chi connectivity index (χ0) is 17.3. The molecule has 0 aliphatic carbocycles. The van der Waals surface area contributed by atoms with Crippen LogP contribution in [0.25, 0.3) is 0 Å². The maximum absolute atomic E-state index is 12.2. The van der Waals surface area contributed by atoms with E-state index >= 15 is 0 Å². The third kappa shape index (κ3) is 9.19. The molecule has 0 saturated heterocycles. The Morgan fingerprint density at radius 3 is 2.46 bits per heavy atom. The number of ether oxygens (including phenoxy) is 1. The van der Waals surface area contributed by atoms with Crippen LogP contribution in [0, 0.1) is 6.92 Å². The molecule has 4 nitrogen and oxygen atoms in total. The minimum Gasteiger partial charge on any atom is -0.494 e. The normalized spacial score (nSPS) is 11.7. The van der Waals surface area contributed by atoms with E-state index in [9.17, 15) is 13.2 Å². The molecule has 24 heavy (non-hydrogen) atoms. The van der Waals surface area contributed by atoms with Crippen molar-refractivity contribution in [3.8, 4) is 5.75 Å². The third-order valence-corrected chi connectivity index (χ3v) is 3.00. The van der Waals surface area contributed by atoms with E-state index in [4.69, 9.17) is 4.74 Å². The van der Waals surface area contributed by atoms with Gasteiger partial charge in [-0.05, 0) is 38.0 Å². The SMILES string of the molecule is CCNC(=NCc1ccc(OCC)c(C)c1)NCCC(F)(F)F.I. The van der Waals surface area contributed by atoms with E-state index in [0.717, 1.165) is 16.9 Å². The van der Waals surface area contributed by atoms with Gasteiger partial charge in [0.25, 0.3) is 0 Å². The van der Waals surface area contributed by atoms with Crippen molar-refractivity contribution >= 4 is 29.9 Å². The monoisotopic (exact) mass is 459 g/mol. The molecule has 0 atom stereocenters. The summed E-state index contributed by atoms with van der Waals surface area (Å²) in [4.78, 5) is 4.31. The van der Waals surface area contributed by atoms with E-state index in [-0.39, 0.29) is 30.5 Å². The summed E-state index contributed by atoms with van der Waals surface area (Å²) in [7, 11) is 0. The molecule has 0 aromatic heterocycles. The number of benzene rings is 1. The molecule has 0 aliphatic rings. The van der Waals surface area contributed by atoms with Gasteiger partial charge in [0.15, 0.2) is 5.96 Å². The van der Waals surface area contributed by atoms with Crippen molar-refractivity contribution in [3.05, 3.63) is 29.3 Å². The Hall–Kier alpha value is -1.19. The first kappa shape index (κ1) is 22.8. The van der Waals surface area contributed by atoms with Crippen molar-refractivity contribution in [2.24, 2.45) is 4.99 Å². The molecule has 0 spiro atoms. The summed E-state index contributed by atoms with van der Waals surface area (Å²) in [5, 5.41) is 5.62. The fraction of sp³-hybridized carbons (Fsp3) is 0.562. The first-order valence-corrected chi connectivity index (χ1v) is 7.67. The second-order valence-corrected chi connectivity index (χ2v) is 5.02. The molecule has 0 aliphatic heterocycles. The zero-order valence-electron chi connectivity index (χ0n) is 14.2. The van der Waals surface area contributed by atoms with Gasteiger partial charge in [-0.1, -0.05) is 12.1 Å². The first-order valence-electron chi connectivity index (χ1n) is 7.67. The van der Waals surface area contributed by atoms with Gasteiger partial charge in [0, 0.05) is 13.1 Å². The topological polar surface area (TPSA) is 45.7 Å². The van der Waals surface area contributed by atoms with Gasteiger partial charge < -0.3 is 15.4 Å². The van der Waals surface area contributed by atoms with Crippen LogP contribution in [0.5, 0.6) is 5.75 Å². The van der Waals surface area contributed by atoms with Crippen molar-refractivity contribution in [3.63, 3.8) is 0 Å². The smallest absolute Gasteiger partial charge is 0.390 e. The predicted octanol–water partition coefficient (Wildman–Crippen LogP) is 4.02. The van der Waals surface area contributed by atoms with Crippen molar-refractivity contribution in [1.82, 2.24) is 10.6 Å². The molecule has 0 bridgehead atoms. The number of rotatable bonds is 7. The highest BCUT2D eigenvalue weighted by Gasteiger charge is 2.26. The lowest BCUT2D eigenvalue weighted by molar-refractivity contribution is -0.132. The van der Waals surface area contributed by atoms with Crippen LogP contribution < -0.4 is 15.4 Å². The van der Waals surface area contributed by atoms with Gasteiger partial charge in [0.05, 0.1) is 19.6 Å². The number of hydrogen-bond donors (Lipinski definition) is 2. The average molecular weight is 459 g/mol. The van der Waals surface area contributed by atoms with Gasteiger partial charge in [-0.2, -0.15) is 13.2 Å². The molecule has 0 fully saturated rings. The number of guanidine groups is 1. The zero-order valence-corrected chi connectivity index (χ0v) is 16.5. The van der Waals surface area contributed by atoms with Crippen molar-refractivity contribution in [2.75, 3.05) is 19.7 Å². The lowest BCUT2D eigenvalue weighted by atomic mass is 10.1. The molecule has 138 valence electrons. The van der Waals surface area contributed by atoms with Crippen LogP contribution in [0.1, 0.15) is 31.4 Å². The molecule has 0 heterocycles. The Labute approximate surface area is 158 Å². The Bertz CT molecular complexity index is 522. The second-order valence-electron chi connectivity index (χ2n) is 5.02. The number of aryl methyl sites for hydroxylation is 1. The first-order chi connectivity index (χ1) is 10.9. The highest BCUT2D eigenvalue weighted by Crippen LogP contribution is 2.20. The molecular weight excluding hydrogens is 434 g/mol. The fourth-order valence-electron chi connectivity index (χ4n) is 1.96. The Balaban J connectivity index is 0.00000529. The fourth-order valence-corrected chi connectivity index (χ4v) is 1.96.